The second-order valence-electron chi connectivity index (χ2n) is 15.7. The monoisotopic (exact) mass is 1330 g/mol. The number of H-pyrrole nitrogens is 1. The number of aliphatic carboxylic acids is 2. The van der Waals surface area contributed by atoms with E-state index in [1.54, 1.807) is 0 Å². The van der Waals surface area contributed by atoms with Crippen molar-refractivity contribution in [3.8, 4) is 5.75 Å². The van der Waals surface area contributed by atoms with Crippen molar-refractivity contribution < 1.29 is 90.3 Å². The topological polar surface area (TPSA) is 397 Å². The maximum absolute atomic E-state index is 14.0. The van der Waals surface area contributed by atoms with Crippen molar-refractivity contribution in [1.82, 2.24) is 35.9 Å². The van der Waals surface area contributed by atoms with Gasteiger partial charge >= 0.3 is 37.8 Å². The van der Waals surface area contributed by atoms with Crippen molar-refractivity contribution in [2.45, 2.75) is 51.3 Å². The second-order valence-corrected chi connectivity index (χ2v) is 17.3. The fraction of sp³-hybridized carbons (Fsp3) is 0.444. The van der Waals surface area contributed by atoms with Gasteiger partial charge < -0.3 is 64.8 Å². The first-order valence-corrected chi connectivity index (χ1v) is 24.5. The molecule has 0 radical (unpaired) electrons. The van der Waals surface area contributed by atoms with Gasteiger partial charge in [-0.3, -0.25) is 42.9 Å². The number of hydrogen-bond acceptors (Lipinski definition) is 23. The van der Waals surface area contributed by atoms with Gasteiger partial charge in [-0.1, -0.05) is 6.07 Å². The van der Waals surface area contributed by atoms with Gasteiger partial charge in [0.05, 0.1) is 84.1 Å². The fourth-order valence-electron chi connectivity index (χ4n) is 6.36. The van der Waals surface area contributed by atoms with E-state index in [0.717, 1.165) is 17.5 Å². The molecule has 0 aliphatic carbocycles. The number of likely N-dealkylation sites (N-methyl/N-ethyl adjacent to an activating group) is 1. The summed E-state index contributed by atoms with van der Waals surface area (Å²) in [5, 5.41) is 26.7. The van der Waals surface area contributed by atoms with Gasteiger partial charge in [0.2, 0.25) is 18.6 Å². The van der Waals surface area contributed by atoms with E-state index in [1.807, 2.05) is 7.05 Å². The molecule has 29 nitrogen and oxygen atoms in total. The van der Waals surface area contributed by atoms with Crippen molar-refractivity contribution in [2.24, 2.45) is 0 Å². The van der Waals surface area contributed by atoms with E-state index in [4.69, 9.17) is 52.8 Å². The summed E-state index contributed by atoms with van der Waals surface area (Å²) in [6.07, 6.45) is -0.932. The third-order valence-corrected chi connectivity index (χ3v) is 11.5. The largest absolute Gasteiger partial charge is 0.530 e. The van der Waals surface area contributed by atoms with Crippen molar-refractivity contribution in [3.05, 3.63) is 81.4 Å². The molecule has 2 aromatic carbocycles. The molecule has 1 fully saturated rings. The number of phosphoric ester groups is 1. The fourth-order valence-corrected chi connectivity index (χ4v) is 7.65. The quantitative estimate of drug-likeness (QED) is 0.0162. The summed E-state index contributed by atoms with van der Waals surface area (Å²) in [7, 11) is -2.38. The predicted octanol–water partition coefficient (Wildman–Crippen LogP) is 1.43. The Morgan fingerprint density at radius 1 is 0.868 bits per heavy atom. The number of carboxylic acid groups (broad SMARTS) is 2. The molecule has 0 spiro atoms. The van der Waals surface area contributed by atoms with E-state index in [-0.39, 0.29) is 84.6 Å². The Morgan fingerprint density at radius 3 is 2.22 bits per heavy atom. The van der Waals surface area contributed by atoms with Gasteiger partial charge in [-0.25, -0.2) is 28.9 Å². The molecule has 31 heteroatoms. The Hall–Kier alpha value is -8.66. The smallest absolute Gasteiger partial charge is 0.481 e. The number of fused-ring (bicyclic) bond motifs is 1. The van der Waals surface area contributed by atoms with Crippen LogP contribution in [0, 0.1) is 0 Å². The summed E-state index contributed by atoms with van der Waals surface area (Å²) in [5.74, 6) is -6.65. The van der Waals surface area contributed by atoms with E-state index >= 15 is 0 Å². The van der Waals surface area contributed by atoms with Crippen LogP contribution in [0.1, 0.15) is 64.1 Å². The number of ether oxygens (including phenoxy) is 6. The van der Waals surface area contributed by atoms with Crippen molar-refractivity contribution in [3.63, 3.8) is 0 Å². The first-order valence-electron chi connectivity index (χ1n) is 23.0. The van der Waals surface area contributed by atoms with Crippen LogP contribution in [0.25, 0.3) is 11.2 Å². The molecule has 1 aliphatic rings. The molecule has 0 bridgehead atoms. The maximum atomic E-state index is 14.0. The number of nitrogens with two attached hydrogens (primary N) is 1. The van der Waals surface area contributed by atoms with Crippen LogP contribution in [-0.2, 0) is 74.4 Å². The molecular formula is C45H56FmN9O20P. The number of aromatic nitrogens is 4. The van der Waals surface area contributed by atoms with Gasteiger partial charge in [0.15, 0.2) is 11.2 Å². The number of carboxylic acids is 2. The summed E-state index contributed by atoms with van der Waals surface area (Å²) >= 11 is 0. The summed E-state index contributed by atoms with van der Waals surface area (Å²) < 4.78 is 60.6. The van der Waals surface area contributed by atoms with Crippen molar-refractivity contribution in [2.75, 3.05) is 90.4 Å². The van der Waals surface area contributed by atoms with Gasteiger partial charge in [0.25, 0.3) is 11.5 Å². The normalized spacial score (nSPS) is 13.1. The molecule has 1 aliphatic heterocycles. The van der Waals surface area contributed by atoms with Gasteiger partial charge in [0.1, 0.15) is 24.0 Å². The van der Waals surface area contributed by atoms with Crippen LogP contribution in [0.4, 0.5) is 16.4 Å². The second kappa shape index (κ2) is 30.5. The van der Waals surface area contributed by atoms with Crippen LogP contribution >= 0.6 is 7.82 Å². The Balaban J connectivity index is 0.0000125. The van der Waals surface area contributed by atoms with Crippen LogP contribution < -0.4 is 36.7 Å². The zero-order chi connectivity index (χ0) is 54.2. The van der Waals surface area contributed by atoms with Gasteiger partial charge in [-0.2, -0.15) is 4.98 Å². The molecule has 2 aromatic heterocycles. The number of carbonyl (C=O) groups is 7. The third-order valence-electron chi connectivity index (χ3n) is 10.1. The summed E-state index contributed by atoms with van der Waals surface area (Å²) in [5.41, 5.74) is 4.47. The number of amides is 3. The van der Waals surface area contributed by atoms with Crippen LogP contribution in [-0.4, -0.2) is 158 Å². The average molecular weight is 1330 g/mol. The van der Waals surface area contributed by atoms with Crippen LogP contribution in [0.15, 0.2) is 53.5 Å². The van der Waals surface area contributed by atoms with Crippen molar-refractivity contribution in [1.29, 1.82) is 0 Å². The zero-order valence-corrected chi connectivity index (χ0v) is 44.1. The van der Waals surface area contributed by atoms with E-state index in [9.17, 15) is 48.0 Å². The van der Waals surface area contributed by atoms with E-state index in [1.165, 1.54) is 42.6 Å². The number of carbonyl (C=O) groups excluding carboxylic acids is 5. The van der Waals surface area contributed by atoms with E-state index in [0.29, 0.717) is 39.5 Å². The summed E-state index contributed by atoms with van der Waals surface area (Å²) in [6.45, 7) is 1.28. The zero-order valence-electron chi connectivity index (χ0n) is 40.8. The van der Waals surface area contributed by atoms with Crippen LogP contribution in [0.3, 0.4) is 0 Å². The number of hydrogen-bond donors (Lipinski definition) is 7. The molecule has 418 valence electrons. The summed E-state index contributed by atoms with van der Waals surface area (Å²) in [6, 6.07) is 7.48. The molecule has 0 saturated carbocycles. The predicted molar refractivity (Wildman–Crippen MR) is 257 cm³/mol. The Labute approximate surface area is 426 Å². The first kappa shape index (κ1) is 59.9. The number of nitrogens with one attached hydrogen (secondary N) is 4. The number of benzene rings is 2. The molecule has 8 N–H and O–H groups in total. The Kier molecular flexibility index (Phi) is 24.1. The number of rotatable bonds is 31. The van der Waals surface area contributed by atoms with Crippen molar-refractivity contribution >= 4 is 72.4 Å². The molecule has 1 saturated heterocycles. The molecule has 1 unspecified atom stereocenters. The van der Waals surface area contributed by atoms with Gasteiger partial charge in [-0.05, 0) is 61.9 Å². The number of aromatic amines is 1. The number of nitrogen functional groups attached to an aromatic ring is 1. The van der Waals surface area contributed by atoms with Crippen LogP contribution in [0.2, 0.25) is 0 Å². The molecular weight excluding hydrogens is 1270 g/mol. The molecule has 5 rings (SSSR count). The SMILES string of the molecule is CNCCOCCOCCOCCNC(=O)CCC(NC(=O)c1ccc(N(Cc2cnc3nc(N)[nH]c(=O)c3n2)C(=O)OCc2ccc(OP3(=O)OCCCO3)c(C(=O)OCOC(=O)CCC(=O)O)c2)cc1)C(=O)O.[Fm]. The number of esters is 2. The standard InChI is InChI=1S/C45H56N9O20P.Fm/c1-47-13-17-66-19-21-68-22-20-67-18-14-48-35(55)10-8-33(42(61)62)51-40(59)29-4-6-31(7-5-29)54(25-30-24-49-39-38(50-30)41(60)53-44(46)52-39)45(64)69-26-28-3-9-34(74-75(65)72-15-2-16-73-75)32(23-28)43(63)71-27-70-37(58)12-11-36(56)57;/h3-7,9,23-24,33,47H,2,8,10-22,25-27H2,1H3,(H,48,55)(H,51,59)(H,56,57)(H,61,62)(H3,46,49,52,53,60);. The molecule has 1 atom stereocenters. The Bertz CT molecular complexity index is 2730. The number of nitrogens with zero attached hydrogens (tertiary/aromatic N) is 4. The molecule has 3 amide bonds. The van der Waals surface area contributed by atoms with Gasteiger partial charge in [0, 0.05) is 30.8 Å². The first-order chi connectivity index (χ1) is 36.0. The third kappa shape index (κ3) is 19.6. The number of anilines is 2. The van der Waals surface area contributed by atoms with Crippen LogP contribution in [0.5, 0.6) is 5.75 Å². The molecule has 4 aromatic rings. The van der Waals surface area contributed by atoms with Gasteiger partial charge in [-0.15, -0.1) is 0 Å². The minimum Gasteiger partial charge on any atom is -0.481 e. The van der Waals surface area contributed by atoms with E-state index < -0.39 is 99.6 Å². The average Bonchev–Trinajstić information content (AvgIpc) is 3.38. The minimum absolute atomic E-state index is 0. The Morgan fingerprint density at radius 2 is 1.55 bits per heavy atom. The molecule has 76 heavy (non-hydrogen) atoms. The number of phosphoric acid groups is 1. The summed E-state index contributed by atoms with van der Waals surface area (Å²) in [4.78, 5) is 116. The maximum Gasteiger partial charge on any atom is 0.530 e. The molecule has 3 heterocycles. The minimum atomic E-state index is -4.21. The van der Waals surface area contributed by atoms with E-state index in [2.05, 4.69) is 35.9 Å².